The van der Waals surface area contributed by atoms with Crippen LogP contribution in [-0.4, -0.2) is 70.9 Å². The highest BCUT2D eigenvalue weighted by atomic mass is 16.6. The minimum atomic E-state index is -1.35. The molecule has 3 aromatic carbocycles. The largest absolute Gasteiger partial charge is 0.444 e. The summed E-state index contributed by atoms with van der Waals surface area (Å²) in [7, 11) is 0. The van der Waals surface area contributed by atoms with Crippen molar-refractivity contribution in [1.82, 2.24) is 20.9 Å². The van der Waals surface area contributed by atoms with Gasteiger partial charge in [-0.3, -0.25) is 10.1 Å². The number of amides is 4. The molecule has 49 heavy (non-hydrogen) atoms. The number of aliphatic imine (C=N–C) groups is 1. The van der Waals surface area contributed by atoms with Gasteiger partial charge in [0.25, 0.3) is 0 Å². The zero-order valence-corrected chi connectivity index (χ0v) is 27.8. The summed E-state index contributed by atoms with van der Waals surface area (Å²) >= 11 is 0. The molecule has 1 fully saturated rings. The van der Waals surface area contributed by atoms with E-state index in [1.165, 1.54) is 0 Å². The van der Waals surface area contributed by atoms with Gasteiger partial charge in [0.1, 0.15) is 31.0 Å². The number of piperidine rings is 1. The molecule has 1 heterocycles. The number of rotatable bonds is 9. The Morgan fingerprint density at radius 1 is 0.816 bits per heavy atom. The Hall–Kier alpha value is -5.43. The Morgan fingerprint density at radius 3 is 1.90 bits per heavy atom. The molecule has 0 bridgehead atoms. The highest BCUT2D eigenvalue weighted by molar-refractivity contribution is 5.98. The Morgan fingerprint density at radius 2 is 1.35 bits per heavy atom. The van der Waals surface area contributed by atoms with Crippen molar-refractivity contribution >= 4 is 30.1 Å². The molecule has 260 valence electrons. The van der Waals surface area contributed by atoms with Crippen molar-refractivity contribution in [2.75, 3.05) is 13.1 Å². The smallest absolute Gasteiger partial charge is 0.437 e. The Bertz CT molecular complexity index is 1560. The van der Waals surface area contributed by atoms with Gasteiger partial charge in [0.2, 0.25) is 11.9 Å². The summed E-state index contributed by atoms with van der Waals surface area (Å²) in [5.74, 6) is -0.647. The molecule has 1 saturated heterocycles. The van der Waals surface area contributed by atoms with Gasteiger partial charge >= 0.3 is 18.3 Å². The number of guanidine groups is 1. The van der Waals surface area contributed by atoms with Gasteiger partial charge in [0.15, 0.2) is 0 Å². The number of likely N-dealkylation sites (tertiary alicyclic amines) is 1. The van der Waals surface area contributed by atoms with E-state index in [1.54, 1.807) is 56.0 Å². The lowest BCUT2D eigenvalue weighted by atomic mass is 10.00. The molecule has 4 N–H and O–H groups in total. The minimum absolute atomic E-state index is 0.00363. The number of carbonyl (C=O) groups excluding carboxylic acids is 4. The van der Waals surface area contributed by atoms with E-state index >= 15 is 0 Å². The van der Waals surface area contributed by atoms with Gasteiger partial charge in [-0.1, -0.05) is 91.0 Å². The number of aliphatic hydroxyl groups is 1. The van der Waals surface area contributed by atoms with E-state index in [0.29, 0.717) is 31.5 Å². The molecule has 0 unspecified atom stereocenters. The number of benzene rings is 3. The van der Waals surface area contributed by atoms with Crippen LogP contribution in [0, 0.1) is 0 Å². The second kappa shape index (κ2) is 17.6. The molecule has 13 nitrogen and oxygen atoms in total. The van der Waals surface area contributed by atoms with Crippen molar-refractivity contribution in [1.29, 1.82) is 0 Å². The van der Waals surface area contributed by atoms with Crippen molar-refractivity contribution in [3.05, 3.63) is 108 Å². The molecule has 1 aliphatic heterocycles. The van der Waals surface area contributed by atoms with Crippen LogP contribution in [0.1, 0.15) is 56.4 Å². The van der Waals surface area contributed by atoms with E-state index in [0.717, 1.165) is 11.1 Å². The maximum absolute atomic E-state index is 13.5. The van der Waals surface area contributed by atoms with Crippen LogP contribution in [0.15, 0.2) is 96.0 Å². The zero-order valence-electron chi connectivity index (χ0n) is 27.8. The standard InChI is InChI=1S/C36H43N5O8/c1-36(2,3)49-35(46)38-29(30(42)27-17-11-6-12-18-27)31(43)37-28-19-21-41(22-20-28)32(39-33(44)47-23-25-13-7-4-8-14-25)40-34(45)48-24-26-15-9-5-10-16-26/h4-18,28-30,42H,19-24H2,1-3H3,(H,37,43)(H,38,46)(H,39,40,44,45)/t29-,30+/m0/s1. The molecule has 0 radical (unpaired) electrons. The summed E-state index contributed by atoms with van der Waals surface area (Å²) in [6.07, 6.45) is -3.11. The molecule has 0 saturated carbocycles. The fourth-order valence-electron chi connectivity index (χ4n) is 4.96. The summed E-state index contributed by atoms with van der Waals surface area (Å²) < 4.78 is 16.0. The van der Waals surface area contributed by atoms with Crippen LogP contribution >= 0.6 is 0 Å². The number of alkyl carbamates (subject to hydrolysis) is 2. The topological polar surface area (TPSA) is 168 Å². The van der Waals surface area contributed by atoms with Gasteiger partial charge in [-0.05, 0) is 50.3 Å². The second-order valence-electron chi connectivity index (χ2n) is 12.4. The summed E-state index contributed by atoms with van der Waals surface area (Å²) in [6.45, 7) is 5.68. The van der Waals surface area contributed by atoms with Gasteiger partial charge in [-0.2, -0.15) is 0 Å². The van der Waals surface area contributed by atoms with Crippen LogP contribution in [0.5, 0.6) is 0 Å². The van der Waals surface area contributed by atoms with Gasteiger partial charge in [-0.25, -0.2) is 14.4 Å². The Balaban J connectivity index is 1.40. The maximum atomic E-state index is 13.5. The quantitative estimate of drug-likeness (QED) is 0.142. The fourth-order valence-corrected chi connectivity index (χ4v) is 4.96. The molecule has 0 aromatic heterocycles. The third-order valence-electron chi connectivity index (χ3n) is 7.38. The highest BCUT2D eigenvalue weighted by Crippen LogP contribution is 2.19. The third kappa shape index (κ3) is 12.3. The van der Waals surface area contributed by atoms with E-state index < -0.39 is 41.9 Å². The van der Waals surface area contributed by atoms with E-state index in [4.69, 9.17) is 14.2 Å². The van der Waals surface area contributed by atoms with E-state index in [9.17, 15) is 24.3 Å². The van der Waals surface area contributed by atoms with Gasteiger partial charge < -0.3 is 34.9 Å². The zero-order chi connectivity index (χ0) is 35.2. The molecule has 0 aliphatic carbocycles. The summed E-state index contributed by atoms with van der Waals surface area (Å²) in [5, 5.41) is 19.1. The monoisotopic (exact) mass is 673 g/mol. The highest BCUT2D eigenvalue weighted by Gasteiger charge is 2.34. The first-order chi connectivity index (χ1) is 23.5. The molecule has 4 rings (SSSR count). The molecular weight excluding hydrogens is 630 g/mol. The minimum Gasteiger partial charge on any atom is -0.444 e. The maximum Gasteiger partial charge on any atom is 0.437 e. The average molecular weight is 674 g/mol. The SMILES string of the molecule is CC(C)(C)OC(=O)N[C@H](C(=O)NC1CCN(C(=NC(=O)OCc2ccccc2)NC(=O)OCc2ccccc2)CC1)[C@H](O)c1ccccc1. The lowest BCUT2D eigenvalue weighted by Crippen LogP contribution is -2.56. The Labute approximate surface area is 285 Å². The molecule has 13 heteroatoms. The summed E-state index contributed by atoms with van der Waals surface area (Å²) in [6, 6.07) is 25.1. The van der Waals surface area contributed by atoms with Crippen LogP contribution in [-0.2, 0) is 32.2 Å². The number of aliphatic hydroxyl groups excluding tert-OH is 1. The predicted octanol–water partition coefficient (Wildman–Crippen LogP) is 4.81. The van der Waals surface area contributed by atoms with Crippen molar-refractivity contribution in [2.24, 2.45) is 4.99 Å². The Kier molecular flexibility index (Phi) is 13.1. The van der Waals surface area contributed by atoms with Crippen LogP contribution in [0.3, 0.4) is 0 Å². The van der Waals surface area contributed by atoms with E-state index in [2.05, 4.69) is 20.9 Å². The fraction of sp³-hybridized carbons (Fsp3) is 0.361. The first-order valence-electron chi connectivity index (χ1n) is 16.0. The third-order valence-corrected chi connectivity index (χ3v) is 7.38. The molecule has 3 aromatic rings. The lowest BCUT2D eigenvalue weighted by molar-refractivity contribution is -0.127. The van der Waals surface area contributed by atoms with Gasteiger partial charge in [-0.15, -0.1) is 4.99 Å². The van der Waals surface area contributed by atoms with Gasteiger partial charge in [0, 0.05) is 19.1 Å². The molecule has 0 spiro atoms. The van der Waals surface area contributed by atoms with E-state index in [1.807, 2.05) is 60.7 Å². The predicted molar refractivity (Wildman–Crippen MR) is 181 cm³/mol. The summed E-state index contributed by atoms with van der Waals surface area (Å²) in [5.41, 5.74) is 1.19. The van der Waals surface area contributed by atoms with Crippen LogP contribution in [0.2, 0.25) is 0 Å². The van der Waals surface area contributed by atoms with Crippen molar-refractivity contribution in [3.8, 4) is 0 Å². The number of ether oxygens (including phenoxy) is 3. The number of nitrogens with zero attached hydrogens (tertiary/aromatic N) is 2. The molecule has 2 atom stereocenters. The number of hydrogen-bond acceptors (Lipinski definition) is 8. The van der Waals surface area contributed by atoms with Crippen molar-refractivity contribution in [3.63, 3.8) is 0 Å². The van der Waals surface area contributed by atoms with E-state index in [-0.39, 0.29) is 25.2 Å². The molecule has 1 aliphatic rings. The number of hydrogen-bond donors (Lipinski definition) is 4. The lowest BCUT2D eigenvalue weighted by Gasteiger charge is -2.35. The van der Waals surface area contributed by atoms with Crippen molar-refractivity contribution in [2.45, 2.75) is 70.6 Å². The number of carbonyl (C=O) groups is 4. The molecular formula is C36H43N5O8. The van der Waals surface area contributed by atoms with Gasteiger partial charge in [0.05, 0.1) is 0 Å². The van der Waals surface area contributed by atoms with Crippen molar-refractivity contribution < 1.29 is 38.5 Å². The average Bonchev–Trinajstić information content (AvgIpc) is 3.09. The first-order valence-corrected chi connectivity index (χ1v) is 16.0. The normalized spacial score (nSPS) is 14.9. The molecule has 4 amide bonds. The first kappa shape index (κ1) is 36.4. The number of nitrogens with one attached hydrogen (secondary N) is 3. The summed E-state index contributed by atoms with van der Waals surface area (Å²) in [4.78, 5) is 57.3. The second-order valence-corrected chi connectivity index (χ2v) is 12.4. The van der Waals surface area contributed by atoms with Crippen LogP contribution in [0.25, 0.3) is 0 Å². The van der Waals surface area contributed by atoms with Crippen LogP contribution in [0.4, 0.5) is 14.4 Å². The van der Waals surface area contributed by atoms with Crippen LogP contribution < -0.4 is 16.0 Å².